The molecule has 2 N–H and O–H groups in total. The lowest BCUT2D eigenvalue weighted by atomic mass is 10.1. The Morgan fingerprint density at radius 2 is 2.00 bits per heavy atom. The van der Waals surface area contributed by atoms with Gasteiger partial charge in [-0.05, 0) is 57.9 Å². The number of halogens is 1. The van der Waals surface area contributed by atoms with Gasteiger partial charge in [-0.15, -0.1) is 24.0 Å². The van der Waals surface area contributed by atoms with E-state index in [-0.39, 0.29) is 24.0 Å². The van der Waals surface area contributed by atoms with E-state index in [1.165, 1.54) is 0 Å². The Morgan fingerprint density at radius 3 is 2.74 bits per heavy atom. The van der Waals surface area contributed by atoms with Crippen molar-refractivity contribution in [1.82, 2.24) is 15.5 Å². The van der Waals surface area contributed by atoms with Gasteiger partial charge in [-0.1, -0.05) is 12.1 Å². The molecule has 1 aromatic rings. The number of nitrogens with zero attached hydrogens (tertiary/aromatic N) is 2. The fourth-order valence-corrected chi connectivity index (χ4v) is 3.39. The lowest BCUT2D eigenvalue weighted by Crippen LogP contribution is -2.38. The van der Waals surface area contributed by atoms with Crippen molar-refractivity contribution in [2.24, 2.45) is 4.99 Å². The molecule has 1 aromatic carbocycles. The number of hydrogen-bond acceptors (Lipinski definition) is 5. The number of rotatable bonds is 13. The molecule has 1 saturated heterocycles. The number of hydrogen-bond donors (Lipinski definition) is 2. The van der Waals surface area contributed by atoms with Crippen LogP contribution in [0.1, 0.15) is 38.7 Å². The largest absolute Gasteiger partial charge is 0.492 e. The molecule has 0 radical (unpaired) electrons. The molecule has 1 heterocycles. The monoisotopic (exact) mass is 548 g/mol. The van der Waals surface area contributed by atoms with Crippen LogP contribution in [0.4, 0.5) is 0 Å². The van der Waals surface area contributed by atoms with Gasteiger partial charge >= 0.3 is 0 Å². The van der Waals surface area contributed by atoms with E-state index in [4.69, 9.17) is 19.2 Å². The van der Waals surface area contributed by atoms with Gasteiger partial charge in [0.2, 0.25) is 0 Å². The van der Waals surface area contributed by atoms with Crippen LogP contribution in [-0.4, -0.2) is 76.6 Å². The van der Waals surface area contributed by atoms with E-state index < -0.39 is 0 Å². The van der Waals surface area contributed by atoms with Crippen molar-refractivity contribution < 1.29 is 14.2 Å². The molecule has 31 heavy (non-hydrogen) atoms. The highest BCUT2D eigenvalue weighted by Crippen LogP contribution is 2.15. The number of guanidine groups is 1. The molecule has 0 aliphatic carbocycles. The normalized spacial score (nSPS) is 14.9. The summed E-state index contributed by atoms with van der Waals surface area (Å²) in [5.41, 5.74) is 1.14. The maximum absolute atomic E-state index is 6.00. The van der Waals surface area contributed by atoms with Gasteiger partial charge in [0, 0.05) is 52.1 Å². The van der Waals surface area contributed by atoms with Crippen molar-refractivity contribution in [1.29, 1.82) is 0 Å². The minimum Gasteiger partial charge on any atom is -0.492 e. The molecule has 2 rings (SSSR count). The number of nitrogens with one attached hydrogen (secondary N) is 2. The molecule has 7 nitrogen and oxygen atoms in total. The van der Waals surface area contributed by atoms with E-state index in [2.05, 4.69) is 41.6 Å². The average Bonchev–Trinajstić information content (AvgIpc) is 2.78. The summed E-state index contributed by atoms with van der Waals surface area (Å²) in [6.07, 6.45) is 3.18. The first-order valence-electron chi connectivity index (χ1n) is 11.3. The Kier molecular flexibility index (Phi) is 15.7. The first-order valence-corrected chi connectivity index (χ1v) is 11.3. The Bertz CT molecular complexity index is 612. The number of aliphatic imine (C=N–C) groups is 1. The SMILES string of the molecule is CCNC(=NCc1cccc(OCCN(C)C2CCOCC2)c1)NCCCOCC.I. The van der Waals surface area contributed by atoms with E-state index in [0.29, 0.717) is 19.2 Å². The van der Waals surface area contributed by atoms with Crippen LogP contribution in [0.15, 0.2) is 29.3 Å². The van der Waals surface area contributed by atoms with E-state index in [1.807, 2.05) is 19.1 Å². The van der Waals surface area contributed by atoms with Gasteiger partial charge in [-0.25, -0.2) is 4.99 Å². The molecule has 0 saturated carbocycles. The fraction of sp³-hybridized carbons (Fsp3) is 0.696. The molecule has 0 atom stereocenters. The van der Waals surface area contributed by atoms with E-state index in [9.17, 15) is 0 Å². The Balaban J connectivity index is 0.00000480. The highest BCUT2D eigenvalue weighted by Gasteiger charge is 2.17. The first kappa shape index (κ1) is 27.9. The minimum atomic E-state index is 0. The second-order valence-electron chi connectivity index (χ2n) is 7.49. The Morgan fingerprint density at radius 1 is 1.19 bits per heavy atom. The summed E-state index contributed by atoms with van der Waals surface area (Å²) in [6.45, 7) is 11.3. The van der Waals surface area contributed by atoms with Crippen LogP contribution in [0.5, 0.6) is 5.75 Å². The summed E-state index contributed by atoms with van der Waals surface area (Å²) in [5.74, 6) is 1.73. The van der Waals surface area contributed by atoms with E-state index in [0.717, 1.165) is 82.6 Å². The summed E-state index contributed by atoms with van der Waals surface area (Å²) >= 11 is 0. The molecule has 1 aliphatic heterocycles. The maximum atomic E-state index is 6.00. The molecule has 1 aliphatic rings. The second-order valence-corrected chi connectivity index (χ2v) is 7.49. The third kappa shape index (κ3) is 11.9. The third-order valence-electron chi connectivity index (χ3n) is 5.15. The lowest BCUT2D eigenvalue weighted by Gasteiger charge is -2.31. The summed E-state index contributed by atoms with van der Waals surface area (Å²) in [7, 11) is 2.17. The Labute approximate surface area is 205 Å². The van der Waals surface area contributed by atoms with Gasteiger partial charge in [-0.3, -0.25) is 4.90 Å². The highest BCUT2D eigenvalue weighted by molar-refractivity contribution is 14.0. The van der Waals surface area contributed by atoms with E-state index >= 15 is 0 Å². The smallest absolute Gasteiger partial charge is 0.191 e. The number of ether oxygens (including phenoxy) is 3. The van der Waals surface area contributed by atoms with Gasteiger partial charge in [0.1, 0.15) is 12.4 Å². The van der Waals surface area contributed by atoms with Crippen molar-refractivity contribution >= 4 is 29.9 Å². The quantitative estimate of drug-likeness (QED) is 0.171. The second kappa shape index (κ2) is 17.5. The van der Waals surface area contributed by atoms with Crippen molar-refractivity contribution in [2.75, 3.05) is 59.7 Å². The van der Waals surface area contributed by atoms with Crippen LogP contribution >= 0.6 is 24.0 Å². The summed E-state index contributed by atoms with van der Waals surface area (Å²) in [5, 5.41) is 6.64. The standard InChI is InChI=1S/C23H40N4O3.HI/c1-4-24-23(25-12-7-14-28-5-2)26-19-20-8-6-9-22(18-20)30-17-13-27(3)21-10-15-29-16-11-21;/h6,8-9,18,21H,4-5,7,10-17,19H2,1-3H3,(H2,24,25,26);1H. The van der Waals surface area contributed by atoms with Crippen molar-refractivity contribution in [3.8, 4) is 5.75 Å². The van der Waals surface area contributed by atoms with E-state index in [1.54, 1.807) is 0 Å². The van der Waals surface area contributed by atoms with Crippen molar-refractivity contribution in [3.05, 3.63) is 29.8 Å². The zero-order valence-electron chi connectivity index (χ0n) is 19.4. The molecule has 0 bridgehead atoms. The molecule has 0 unspecified atom stereocenters. The summed E-state index contributed by atoms with van der Waals surface area (Å²) in [4.78, 5) is 7.08. The molecule has 0 spiro atoms. The van der Waals surface area contributed by atoms with Gasteiger partial charge < -0.3 is 24.8 Å². The molecule has 0 amide bonds. The van der Waals surface area contributed by atoms with Crippen LogP contribution < -0.4 is 15.4 Å². The number of likely N-dealkylation sites (N-methyl/N-ethyl adjacent to an activating group) is 1. The summed E-state index contributed by atoms with van der Waals surface area (Å²) in [6, 6.07) is 8.82. The van der Waals surface area contributed by atoms with Crippen LogP contribution in [-0.2, 0) is 16.0 Å². The van der Waals surface area contributed by atoms with Gasteiger partial charge in [0.15, 0.2) is 5.96 Å². The van der Waals surface area contributed by atoms with Crippen LogP contribution in [0.3, 0.4) is 0 Å². The van der Waals surface area contributed by atoms with Crippen LogP contribution in [0, 0.1) is 0 Å². The van der Waals surface area contributed by atoms with Crippen LogP contribution in [0.2, 0.25) is 0 Å². The van der Waals surface area contributed by atoms with Crippen molar-refractivity contribution in [2.45, 2.75) is 45.7 Å². The van der Waals surface area contributed by atoms with Gasteiger partial charge in [-0.2, -0.15) is 0 Å². The fourth-order valence-electron chi connectivity index (χ4n) is 3.39. The topological polar surface area (TPSA) is 67.4 Å². The highest BCUT2D eigenvalue weighted by atomic mass is 127. The summed E-state index contributed by atoms with van der Waals surface area (Å²) < 4.78 is 16.8. The predicted molar refractivity (Wildman–Crippen MR) is 138 cm³/mol. The Hall–Kier alpha value is -1.10. The van der Waals surface area contributed by atoms with Crippen LogP contribution in [0.25, 0.3) is 0 Å². The lowest BCUT2D eigenvalue weighted by molar-refractivity contribution is 0.0392. The zero-order chi connectivity index (χ0) is 21.4. The van der Waals surface area contributed by atoms with Crippen molar-refractivity contribution in [3.63, 3.8) is 0 Å². The van der Waals surface area contributed by atoms with Gasteiger partial charge in [0.25, 0.3) is 0 Å². The average molecular weight is 549 g/mol. The van der Waals surface area contributed by atoms with Gasteiger partial charge in [0.05, 0.1) is 6.54 Å². The molecular formula is C23H41IN4O3. The molecule has 178 valence electrons. The molecular weight excluding hydrogens is 507 g/mol. The molecule has 8 heteroatoms. The minimum absolute atomic E-state index is 0. The molecule has 0 aromatic heterocycles. The predicted octanol–water partition coefficient (Wildman–Crippen LogP) is 3.28. The molecule has 1 fully saturated rings. The zero-order valence-corrected chi connectivity index (χ0v) is 21.7. The third-order valence-corrected chi connectivity index (χ3v) is 5.15. The first-order chi connectivity index (χ1) is 14.7. The maximum Gasteiger partial charge on any atom is 0.191 e. The number of benzene rings is 1.